The molecule has 0 aliphatic carbocycles. The Labute approximate surface area is 113 Å². The molecule has 1 unspecified atom stereocenters. The minimum atomic E-state index is -0.770. The number of anilines is 2. The molecule has 0 amide bonds. The van der Waals surface area contributed by atoms with Crippen LogP contribution in [0.25, 0.3) is 0 Å². The van der Waals surface area contributed by atoms with Gasteiger partial charge in [-0.15, -0.1) is 0 Å². The van der Waals surface area contributed by atoms with Crippen LogP contribution in [0.2, 0.25) is 0 Å². The van der Waals surface area contributed by atoms with Crippen LogP contribution in [0.1, 0.15) is 19.8 Å². The van der Waals surface area contributed by atoms with Gasteiger partial charge in [0.2, 0.25) is 0 Å². The fourth-order valence-corrected chi connectivity index (χ4v) is 2.33. The van der Waals surface area contributed by atoms with E-state index in [9.17, 15) is 4.79 Å². The summed E-state index contributed by atoms with van der Waals surface area (Å²) in [5.41, 5.74) is 0.955. The average molecular weight is 263 g/mol. The van der Waals surface area contributed by atoms with E-state index in [1.807, 2.05) is 30.3 Å². The van der Waals surface area contributed by atoms with Gasteiger partial charge >= 0.3 is 5.97 Å². The highest BCUT2D eigenvalue weighted by atomic mass is 16.4. The second-order valence-corrected chi connectivity index (χ2v) is 5.19. The van der Waals surface area contributed by atoms with Crippen molar-refractivity contribution in [3.8, 4) is 0 Å². The Morgan fingerprint density at radius 3 is 2.68 bits per heavy atom. The Morgan fingerprint density at radius 1 is 1.47 bits per heavy atom. The zero-order chi connectivity index (χ0) is 13.8. The first kappa shape index (κ1) is 13.6. The summed E-state index contributed by atoms with van der Waals surface area (Å²) < 4.78 is 0. The van der Waals surface area contributed by atoms with Crippen LogP contribution < -0.4 is 9.80 Å². The van der Waals surface area contributed by atoms with Crippen molar-refractivity contribution in [2.75, 3.05) is 36.5 Å². The van der Waals surface area contributed by atoms with E-state index < -0.39 is 5.97 Å². The van der Waals surface area contributed by atoms with E-state index in [1.54, 1.807) is 6.92 Å². The summed E-state index contributed by atoms with van der Waals surface area (Å²) in [6.07, 6.45) is 4.29. The van der Waals surface area contributed by atoms with Crippen LogP contribution in [0.5, 0.6) is 0 Å². The predicted octanol–water partition coefficient (Wildman–Crippen LogP) is 1.84. The van der Waals surface area contributed by atoms with Crippen LogP contribution in [0.15, 0.2) is 18.3 Å². The van der Waals surface area contributed by atoms with Crippen molar-refractivity contribution >= 4 is 17.5 Å². The normalized spacial score (nSPS) is 16.4. The number of pyridine rings is 1. The predicted molar refractivity (Wildman–Crippen MR) is 75.8 cm³/mol. The fourth-order valence-electron chi connectivity index (χ4n) is 2.33. The molecule has 2 rings (SSSR count). The van der Waals surface area contributed by atoms with Crippen molar-refractivity contribution in [1.82, 2.24) is 4.98 Å². The molecular formula is C14H21N3O2. The Hall–Kier alpha value is -1.78. The topological polar surface area (TPSA) is 56.7 Å². The lowest BCUT2D eigenvalue weighted by Gasteiger charge is -2.22. The third-order valence-corrected chi connectivity index (χ3v) is 3.57. The van der Waals surface area contributed by atoms with Gasteiger partial charge < -0.3 is 14.9 Å². The number of rotatable bonds is 5. The molecule has 1 aromatic rings. The fraction of sp³-hybridized carbons (Fsp3) is 0.571. The van der Waals surface area contributed by atoms with Crippen LogP contribution in [-0.4, -0.2) is 42.7 Å². The maximum absolute atomic E-state index is 10.8. The second-order valence-electron chi connectivity index (χ2n) is 5.19. The summed E-state index contributed by atoms with van der Waals surface area (Å²) in [5.74, 6) is -0.141. The second kappa shape index (κ2) is 5.91. The number of hydrogen-bond acceptors (Lipinski definition) is 4. The lowest BCUT2D eigenvalue weighted by atomic mass is 10.1. The van der Waals surface area contributed by atoms with E-state index >= 15 is 0 Å². The van der Waals surface area contributed by atoms with E-state index in [-0.39, 0.29) is 5.92 Å². The Morgan fingerprint density at radius 2 is 2.16 bits per heavy atom. The van der Waals surface area contributed by atoms with Crippen molar-refractivity contribution in [2.24, 2.45) is 5.92 Å². The molecule has 1 aliphatic heterocycles. The molecule has 1 atom stereocenters. The number of carboxylic acid groups (broad SMARTS) is 1. The van der Waals surface area contributed by atoms with Gasteiger partial charge in [-0.1, -0.05) is 6.92 Å². The summed E-state index contributed by atoms with van der Waals surface area (Å²) in [6, 6.07) is 4.03. The van der Waals surface area contributed by atoms with E-state index in [2.05, 4.69) is 9.88 Å². The van der Waals surface area contributed by atoms with Crippen molar-refractivity contribution in [3.05, 3.63) is 18.3 Å². The number of nitrogens with zero attached hydrogens (tertiary/aromatic N) is 3. The maximum Gasteiger partial charge on any atom is 0.308 e. The molecule has 104 valence electrons. The van der Waals surface area contributed by atoms with Crippen molar-refractivity contribution in [3.63, 3.8) is 0 Å². The minimum Gasteiger partial charge on any atom is -0.481 e. The Bertz CT molecular complexity index is 427. The third kappa shape index (κ3) is 3.36. The Balaban J connectivity index is 1.99. The molecule has 5 nitrogen and oxygen atoms in total. The van der Waals surface area contributed by atoms with Crippen LogP contribution in [0.3, 0.4) is 0 Å². The van der Waals surface area contributed by atoms with Crippen molar-refractivity contribution in [1.29, 1.82) is 0 Å². The van der Waals surface area contributed by atoms with Crippen molar-refractivity contribution in [2.45, 2.75) is 19.8 Å². The maximum atomic E-state index is 10.8. The van der Waals surface area contributed by atoms with Gasteiger partial charge in [0.15, 0.2) is 0 Å². The average Bonchev–Trinajstić information content (AvgIpc) is 2.92. The zero-order valence-electron chi connectivity index (χ0n) is 11.5. The Kier molecular flexibility index (Phi) is 4.24. The minimum absolute atomic E-state index is 0.386. The molecule has 1 aromatic heterocycles. The van der Waals surface area contributed by atoms with Gasteiger partial charge in [0.05, 0.1) is 17.8 Å². The van der Waals surface area contributed by atoms with Gasteiger partial charge in [0.25, 0.3) is 0 Å². The molecule has 0 saturated carbocycles. The summed E-state index contributed by atoms with van der Waals surface area (Å²) >= 11 is 0. The number of hydrogen-bond donors (Lipinski definition) is 1. The lowest BCUT2D eigenvalue weighted by molar-refractivity contribution is -0.140. The van der Waals surface area contributed by atoms with Gasteiger partial charge in [0.1, 0.15) is 5.82 Å². The van der Waals surface area contributed by atoms with Crippen LogP contribution >= 0.6 is 0 Å². The van der Waals surface area contributed by atoms with Crippen LogP contribution in [0, 0.1) is 5.92 Å². The first-order valence-electron chi connectivity index (χ1n) is 6.73. The largest absolute Gasteiger partial charge is 0.481 e. The molecule has 1 aliphatic rings. The molecule has 19 heavy (non-hydrogen) atoms. The highest BCUT2D eigenvalue weighted by molar-refractivity contribution is 5.70. The first-order chi connectivity index (χ1) is 9.08. The van der Waals surface area contributed by atoms with Gasteiger partial charge in [-0.25, -0.2) is 4.98 Å². The molecule has 1 fully saturated rings. The van der Waals surface area contributed by atoms with E-state index in [4.69, 9.17) is 5.11 Å². The summed E-state index contributed by atoms with van der Waals surface area (Å²) in [7, 11) is 1.89. The standard InChI is InChI=1S/C14H21N3O2/c1-11(14(18)19)10-16(2)12-5-6-13(15-9-12)17-7-3-4-8-17/h5-6,9,11H,3-4,7-8,10H2,1-2H3,(H,18,19). The van der Waals surface area contributed by atoms with E-state index in [1.165, 1.54) is 12.8 Å². The molecule has 0 spiro atoms. The third-order valence-electron chi connectivity index (χ3n) is 3.57. The molecule has 2 heterocycles. The van der Waals surface area contributed by atoms with Crippen LogP contribution in [-0.2, 0) is 4.79 Å². The van der Waals surface area contributed by atoms with Crippen LogP contribution in [0.4, 0.5) is 11.5 Å². The smallest absolute Gasteiger partial charge is 0.308 e. The van der Waals surface area contributed by atoms with Gasteiger partial charge in [-0.2, -0.15) is 0 Å². The highest BCUT2D eigenvalue weighted by Crippen LogP contribution is 2.20. The zero-order valence-corrected chi connectivity index (χ0v) is 11.5. The van der Waals surface area contributed by atoms with Gasteiger partial charge in [-0.05, 0) is 25.0 Å². The first-order valence-corrected chi connectivity index (χ1v) is 6.73. The molecule has 0 bridgehead atoms. The number of carbonyl (C=O) groups is 1. The van der Waals surface area contributed by atoms with Crippen molar-refractivity contribution < 1.29 is 9.90 Å². The van der Waals surface area contributed by atoms with E-state index in [0.717, 1.165) is 24.6 Å². The molecule has 1 saturated heterocycles. The summed E-state index contributed by atoms with van der Waals surface area (Å²) in [6.45, 7) is 4.36. The molecule has 5 heteroatoms. The van der Waals surface area contributed by atoms with Gasteiger partial charge in [-0.3, -0.25) is 4.79 Å². The quantitative estimate of drug-likeness (QED) is 0.878. The SMILES string of the molecule is CC(CN(C)c1ccc(N2CCCC2)nc1)C(=O)O. The molecule has 0 aromatic carbocycles. The van der Waals surface area contributed by atoms with E-state index in [0.29, 0.717) is 6.54 Å². The monoisotopic (exact) mass is 263 g/mol. The summed E-state index contributed by atoms with van der Waals surface area (Å²) in [4.78, 5) is 19.5. The lowest BCUT2D eigenvalue weighted by Crippen LogP contribution is -2.28. The van der Waals surface area contributed by atoms with Gasteiger partial charge in [0, 0.05) is 26.7 Å². The number of carboxylic acids is 1. The summed E-state index contributed by atoms with van der Waals surface area (Å²) in [5, 5.41) is 8.92. The molecular weight excluding hydrogens is 242 g/mol. The highest BCUT2D eigenvalue weighted by Gasteiger charge is 2.16. The number of aliphatic carboxylic acids is 1. The molecule has 0 radical (unpaired) electrons. The molecule has 1 N–H and O–H groups in total. The number of aromatic nitrogens is 1.